The van der Waals surface area contributed by atoms with Crippen LogP contribution in [0.2, 0.25) is 0 Å². The molecule has 0 aliphatic carbocycles. The Morgan fingerprint density at radius 2 is 1.52 bits per heavy atom. The van der Waals surface area contributed by atoms with Gasteiger partial charge in [0.05, 0.1) is 19.5 Å². The zero-order valence-corrected chi connectivity index (χ0v) is 36.8. The molecule has 6 heterocycles. The molecule has 3 aromatic heterocycles. The minimum absolute atomic E-state index is 0.00630. The topological polar surface area (TPSA) is 261 Å². The highest BCUT2D eigenvalue weighted by Gasteiger charge is 2.55. The Hall–Kier alpha value is -3.89. The summed E-state index contributed by atoms with van der Waals surface area (Å²) >= 11 is 0.620. The quantitative estimate of drug-likeness (QED) is 0.0488. The van der Waals surface area contributed by atoms with Gasteiger partial charge in [-0.3, -0.25) is 41.8 Å². The number of H-pyrrole nitrogens is 1. The van der Waals surface area contributed by atoms with Crippen molar-refractivity contribution in [2.24, 2.45) is 0 Å². The smallest absolute Gasteiger partial charge is 0.427 e. The lowest BCUT2D eigenvalue weighted by molar-refractivity contribution is -0.134. The normalized spacial score (nSPS) is 30.0. The third-order valence-electron chi connectivity index (χ3n) is 10.7. The number of nitrogens with one attached hydrogen (secondary N) is 1. The van der Waals surface area contributed by atoms with Crippen LogP contribution in [0, 0.1) is 0 Å². The van der Waals surface area contributed by atoms with Crippen molar-refractivity contribution in [3.63, 3.8) is 0 Å². The Balaban J connectivity index is 1.07. The number of anilines is 1. The Labute approximate surface area is 363 Å². The van der Waals surface area contributed by atoms with Gasteiger partial charge in [-0.25, -0.2) is 37.7 Å². The Bertz CT molecular complexity index is 2410. The fraction of sp³-hybridized carbons (Fsp3) is 0.579. The van der Waals surface area contributed by atoms with Crippen LogP contribution in [-0.4, -0.2) is 89.9 Å². The highest BCUT2D eigenvalue weighted by Crippen LogP contribution is 2.65. The summed E-state index contributed by atoms with van der Waals surface area (Å²) in [5.74, 6) is -0.157. The number of carbonyl (C=O) groups is 1. The number of aromatic amines is 1. The molecule has 4 N–H and O–H groups in total. The molecule has 7 rings (SSSR count). The highest BCUT2D eigenvalue weighted by atomic mass is 32.7. The number of esters is 1. The molecule has 1 aromatic carbocycles. The number of rotatable bonds is 16. The average Bonchev–Trinajstić information content (AvgIpc) is 3.91. The van der Waals surface area contributed by atoms with E-state index >= 15 is 8.78 Å². The maximum Gasteiger partial charge on any atom is 0.472 e. The minimum atomic E-state index is -5.22. The first-order valence-corrected chi connectivity index (χ1v) is 25.2. The van der Waals surface area contributed by atoms with Gasteiger partial charge in [0.25, 0.3) is 5.56 Å². The third kappa shape index (κ3) is 11.7. The fourth-order valence-corrected chi connectivity index (χ4v) is 11.7. The summed E-state index contributed by atoms with van der Waals surface area (Å²) in [5.41, 5.74) is 4.82. The molecule has 10 atom stereocenters. The molecule has 3 aliphatic heterocycles. The van der Waals surface area contributed by atoms with Crippen LogP contribution in [0.4, 0.5) is 14.6 Å². The number of phosphoric acid groups is 1. The number of carbonyl (C=O) groups excluding carboxylic acids is 1. The maximum absolute atomic E-state index is 16.4. The van der Waals surface area contributed by atoms with Crippen LogP contribution in [-0.2, 0) is 47.2 Å². The number of unbranched alkanes of at least 4 members (excludes halogenated alkanes) is 8. The summed E-state index contributed by atoms with van der Waals surface area (Å²) in [6, 6.07) is 7.31. The van der Waals surface area contributed by atoms with Gasteiger partial charge in [0.2, 0.25) is 0 Å². The van der Waals surface area contributed by atoms with E-state index in [1.165, 1.54) is 43.0 Å². The van der Waals surface area contributed by atoms with Crippen LogP contribution in [0.1, 0.15) is 89.2 Å². The number of nitrogens with zero attached hydrogens (tertiary/aromatic N) is 5. The largest absolute Gasteiger partial charge is 0.472 e. The van der Waals surface area contributed by atoms with Gasteiger partial charge in [0, 0.05) is 24.4 Å². The number of fused-ring (bicyclic) bond motifs is 3. The van der Waals surface area contributed by atoms with E-state index in [4.69, 9.17) is 38.0 Å². The number of halogens is 2. The van der Waals surface area contributed by atoms with Crippen LogP contribution in [0.25, 0.3) is 11.2 Å². The first-order chi connectivity index (χ1) is 30.2. The first kappa shape index (κ1) is 47.1. The van der Waals surface area contributed by atoms with Gasteiger partial charge in [-0.05, 0) is 35.5 Å². The molecule has 344 valence electrons. The van der Waals surface area contributed by atoms with Crippen LogP contribution < -0.4 is 21.7 Å². The van der Waals surface area contributed by atoms with E-state index in [1.54, 1.807) is 24.3 Å². The van der Waals surface area contributed by atoms with Crippen molar-refractivity contribution >= 4 is 49.0 Å². The predicted molar refractivity (Wildman–Crippen MR) is 223 cm³/mol. The fourth-order valence-electron chi connectivity index (χ4n) is 7.37. The molecule has 0 amide bonds. The van der Waals surface area contributed by atoms with Crippen molar-refractivity contribution < 1.29 is 59.9 Å². The molecule has 3 saturated heterocycles. The molecular formula is C38H49F2N7O13P2S. The first-order valence-electron chi connectivity index (χ1n) is 20.6. The van der Waals surface area contributed by atoms with Gasteiger partial charge < -0.3 is 24.8 Å². The summed E-state index contributed by atoms with van der Waals surface area (Å²) in [5, 5.41) is 0. The average molecular weight is 944 g/mol. The number of alkyl halides is 2. The molecule has 25 heteroatoms. The van der Waals surface area contributed by atoms with E-state index in [-0.39, 0.29) is 35.1 Å². The number of ether oxygens (including phenoxy) is 3. The van der Waals surface area contributed by atoms with Crippen LogP contribution in [0.3, 0.4) is 0 Å². The van der Waals surface area contributed by atoms with Gasteiger partial charge in [-0.15, -0.1) is 0 Å². The lowest BCUT2D eigenvalue weighted by atomic mass is 10.1. The molecule has 20 nitrogen and oxygen atoms in total. The van der Waals surface area contributed by atoms with E-state index in [0.717, 1.165) is 37.9 Å². The van der Waals surface area contributed by atoms with Crippen LogP contribution >= 0.6 is 26.0 Å². The molecular weight excluding hydrogens is 894 g/mol. The second kappa shape index (κ2) is 21.0. The van der Waals surface area contributed by atoms with Crippen molar-refractivity contribution in [1.82, 2.24) is 29.1 Å². The van der Waals surface area contributed by atoms with E-state index in [9.17, 15) is 28.4 Å². The number of nitrogen functional groups attached to an aromatic ring is 1. The molecule has 3 fully saturated rings. The van der Waals surface area contributed by atoms with E-state index in [2.05, 4.69) is 21.9 Å². The summed E-state index contributed by atoms with van der Waals surface area (Å²) in [4.78, 5) is 61.8. The van der Waals surface area contributed by atoms with Crippen LogP contribution in [0.15, 0.2) is 58.8 Å². The number of nitrogens with two attached hydrogens (primary N) is 1. The van der Waals surface area contributed by atoms with Crippen molar-refractivity contribution in [3.8, 4) is 5.75 Å². The molecule has 0 saturated carbocycles. The van der Waals surface area contributed by atoms with E-state index < -0.39 is 88.3 Å². The van der Waals surface area contributed by atoms with Gasteiger partial charge in [0.1, 0.15) is 42.0 Å². The maximum atomic E-state index is 16.4. The lowest BCUT2D eigenvalue weighted by Gasteiger charge is -2.29. The van der Waals surface area contributed by atoms with Gasteiger partial charge in [-0.2, -0.15) is 0 Å². The van der Waals surface area contributed by atoms with Crippen LogP contribution in [0.5, 0.6) is 5.75 Å². The van der Waals surface area contributed by atoms with E-state index in [0.29, 0.717) is 33.7 Å². The van der Waals surface area contributed by atoms with Crippen molar-refractivity contribution in [1.29, 1.82) is 0 Å². The molecule has 0 radical (unpaired) electrons. The number of imidazole rings is 1. The summed E-state index contributed by atoms with van der Waals surface area (Å²) in [7, 11) is -5.22. The zero-order valence-electron chi connectivity index (χ0n) is 34.1. The van der Waals surface area contributed by atoms with E-state index in [1.807, 2.05) is 4.98 Å². The standard InChI is InChI=1S/C38H49F2N7O13P2S/c1-2-3-4-5-6-7-8-9-10-11-28(49)56-24-14-12-23(13-15-24)20-63-62(53)55-19-26-32(29(39)37(58-26)47-22-44-31-34(41)42-21-43-35(31)47)59-61(51,52)54-18-25-33(60-62)30(40)36(57-25)46-17-16-27(48)45-38(46)50/h12-17,21-22,25-26,29-30,32-33,36-37H,2-11,18-20H2,1H3,(H,51,52)(H2,41,42,43)(H,45,48,50)/t25-,26-,29-,30-,32?,33-,36-,37-,62?/m1/s1. The second-order valence-corrected chi connectivity index (χ2v) is 20.7. The molecule has 3 aliphatic rings. The molecule has 4 aromatic rings. The summed E-state index contributed by atoms with van der Waals surface area (Å²) < 4.78 is 102. The molecule has 0 spiro atoms. The SMILES string of the molecule is CCCCCCCCCCCC(=O)Oc1ccc(CSP2(=O)OC[C@H]3O[C@@H](n4cnc5c(N)ncnc54)[C@H](F)C3OP(=O)(O)OC[C@H]3O[C@@H](n4ccc(=O)[nH]c4=O)[C@H](F)[C@@H]3O2)cc1. The second-order valence-electron chi connectivity index (χ2n) is 15.2. The number of hydrogen-bond donors (Lipinski definition) is 3. The number of hydrogen-bond acceptors (Lipinski definition) is 17. The monoisotopic (exact) mass is 943 g/mol. The third-order valence-corrected chi connectivity index (χ3v) is 15.3. The van der Waals surface area contributed by atoms with Crippen molar-refractivity contribution in [2.45, 2.75) is 126 Å². The Kier molecular flexibility index (Phi) is 15.7. The summed E-state index contributed by atoms with van der Waals surface area (Å²) in [6.07, 6.45) is -1.33. The summed E-state index contributed by atoms with van der Waals surface area (Å²) in [6.45, 7) is -4.15. The molecule has 63 heavy (non-hydrogen) atoms. The van der Waals surface area contributed by atoms with Crippen molar-refractivity contribution in [2.75, 3.05) is 18.9 Å². The number of benzene rings is 1. The van der Waals surface area contributed by atoms with Gasteiger partial charge in [-0.1, -0.05) is 70.4 Å². The number of phosphoric ester groups is 1. The van der Waals surface area contributed by atoms with Gasteiger partial charge in [0.15, 0.2) is 36.3 Å². The van der Waals surface area contributed by atoms with Gasteiger partial charge >= 0.3 is 26.3 Å². The molecule has 3 unspecified atom stereocenters. The van der Waals surface area contributed by atoms with Crippen molar-refractivity contribution in [3.05, 3.63) is 75.6 Å². The Morgan fingerprint density at radius 1 is 0.889 bits per heavy atom. The Morgan fingerprint density at radius 3 is 2.21 bits per heavy atom. The zero-order chi connectivity index (χ0) is 44.7. The lowest BCUT2D eigenvalue weighted by Crippen LogP contribution is -2.38. The number of aromatic nitrogens is 6. The minimum Gasteiger partial charge on any atom is -0.427 e. The predicted octanol–water partition coefficient (Wildman–Crippen LogP) is 6.22. The highest BCUT2D eigenvalue weighted by molar-refractivity contribution is 8.54. The molecule has 0 bridgehead atoms.